The topological polar surface area (TPSA) is 114 Å². The summed E-state index contributed by atoms with van der Waals surface area (Å²) in [5.74, 6) is -1.06. The zero-order valence-corrected chi connectivity index (χ0v) is 26.1. The van der Waals surface area contributed by atoms with Gasteiger partial charge >= 0.3 is 11.9 Å². The monoisotopic (exact) mass is 712 g/mol. The minimum atomic E-state index is -0.528. The van der Waals surface area contributed by atoms with E-state index in [0.29, 0.717) is 54.2 Å². The van der Waals surface area contributed by atoms with Crippen LogP contribution in [-0.4, -0.2) is 41.9 Å². The van der Waals surface area contributed by atoms with Gasteiger partial charge in [0.05, 0.1) is 22.5 Å². The maximum absolute atomic E-state index is 13.1. The maximum Gasteiger partial charge on any atom is 0.339 e. The Morgan fingerprint density at radius 1 is 0.545 bits per heavy atom. The highest BCUT2D eigenvalue weighted by molar-refractivity contribution is 9.10. The third kappa shape index (κ3) is 6.08. The molecule has 0 atom stereocenters. The Morgan fingerprint density at radius 3 is 1.30 bits per heavy atom. The number of nitrogens with zero attached hydrogens (tertiary/aromatic N) is 6. The van der Waals surface area contributed by atoms with Crippen molar-refractivity contribution >= 4 is 43.8 Å². The molecule has 12 heteroatoms. The first-order valence-corrected chi connectivity index (χ1v) is 14.9. The van der Waals surface area contributed by atoms with Gasteiger partial charge in [0.15, 0.2) is 0 Å². The first-order valence-electron chi connectivity index (χ1n) is 13.3. The molecule has 0 spiro atoms. The first-order chi connectivity index (χ1) is 21.5. The molecule has 44 heavy (non-hydrogen) atoms. The third-order valence-electron chi connectivity index (χ3n) is 6.62. The van der Waals surface area contributed by atoms with Gasteiger partial charge in [-0.2, -0.15) is 0 Å². The lowest BCUT2D eigenvalue weighted by atomic mass is 10.2. The van der Waals surface area contributed by atoms with Gasteiger partial charge in [-0.3, -0.25) is 0 Å². The van der Waals surface area contributed by atoms with E-state index in [2.05, 4.69) is 52.5 Å². The van der Waals surface area contributed by atoms with Crippen molar-refractivity contribution in [2.75, 3.05) is 0 Å². The number of esters is 2. The van der Waals surface area contributed by atoms with E-state index in [9.17, 15) is 9.59 Å². The van der Waals surface area contributed by atoms with Crippen LogP contribution in [0.25, 0.3) is 22.8 Å². The van der Waals surface area contributed by atoms with Crippen molar-refractivity contribution in [1.29, 1.82) is 0 Å². The molecule has 0 amide bonds. The smallest absolute Gasteiger partial charge is 0.339 e. The molecule has 6 rings (SSSR count). The van der Waals surface area contributed by atoms with Gasteiger partial charge < -0.3 is 9.47 Å². The normalized spacial score (nSPS) is 10.9. The minimum absolute atomic E-state index is 0.175. The van der Waals surface area contributed by atoms with Crippen LogP contribution < -0.4 is 0 Å². The standard InChI is InChI=1S/C32H22Br2N6O4/c33-25-17-9-7-15-23(25)31(41)43-19-27-29(35-37-39(27)21-11-3-1-4-12-21)30-28(40(38-36-30)22-13-5-2-6-14-22)20-44-32(42)24-16-8-10-18-26(24)34/h1-18H,19-20H2. The van der Waals surface area contributed by atoms with E-state index < -0.39 is 11.9 Å². The lowest BCUT2D eigenvalue weighted by molar-refractivity contribution is 0.0454. The number of hydrogen-bond donors (Lipinski definition) is 0. The zero-order valence-electron chi connectivity index (χ0n) is 22.9. The zero-order chi connectivity index (χ0) is 30.5. The number of benzene rings is 4. The summed E-state index contributed by atoms with van der Waals surface area (Å²) in [4.78, 5) is 26.1. The molecule has 4 aromatic carbocycles. The number of rotatable bonds is 9. The van der Waals surface area contributed by atoms with Crippen molar-refractivity contribution in [3.63, 3.8) is 0 Å². The van der Waals surface area contributed by atoms with E-state index in [-0.39, 0.29) is 13.2 Å². The Bertz CT molecular complexity index is 1800. The molecule has 2 heterocycles. The van der Waals surface area contributed by atoms with Crippen molar-refractivity contribution in [1.82, 2.24) is 30.0 Å². The van der Waals surface area contributed by atoms with Gasteiger partial charge in [-0.1, -0.05) is 71.1 Å². The van der Waals surface area contributed by atoms with E-state index in [1.165, 1.54) is 0 Å². The molecule has 218 valence electrons. The van der Waals surface area contributed by atoms with Crippen LogP contribution in [0.4, 0.5) is 0 Å². The molecule has 0 bridgehead atoms. The molecule has 0 fully saturated rings. The summed E-state index contributed by atoms with van der Waals surface area (Å²) in [6, 6.07) is 32.7. The van der Waals surface area contributed by atoms with Crippen LogP contribution in [0.5, 0.6) is 0 Å². The molecular formula is C32H22Br2N6O4. The van der Waals surface area contributed by atoms with Gasteiger partial charge in [0.2, 0.25) is 0 Å². The Hall–Kier alpha value is -4.94. The van der Waals surface area contributed by atoms with Crippen LogP contribution in [0.1, 0.15) is 32.1 Å². The molecule has 0 aliphatic heterocycles. The Labute approximate surface area is 268 Å². The lowest BCUT2D eigenvalue weighted by Gasteiger charge is -2.11. The summed E-state index contributed by atoms with van der Waals surface area (Å²) in [6.45, 7) is -0.350. The fraction of sp³-hybridized carbons (Fsp3) is 0.0625. The number of hydrogen-bond acceptors (Lipinski definition) is 8. The second-order valence-corrected chi connectivity index (χ2v) is 11.1. The van der Waals surface area contributed by atoms with Crippen LogP contribution in [0.3, 0.4) is 0 Å². The van der Waals surface area contributed by atoms with Crippen LogP contribution in [0.2, 0.25) is 0 Å². The van der Waals surface area contributed by atoms with E-state index in [0.717, 1.165) is 0 Å². The summed E-state index contributed by atoms with van der Waals surface area (Å²) in [7, 11) is 0. The van der Waals surface area contributed by atoms with Crippen molar-refractivity contribution < 1.29 is 19.1 Å². The van der Waals surface area contributed by atoms with Gasteiger partial charge in [0, 0.05) is 8.95 Å². The summed E-state index contributed by atoms with van der Waals surface area (Å²) in [5.41, 5.74) is 3.71. The predicted octanol–water partition coefficient (Wildman–Crippen LogP) is 6.75. The number of halogens is 2. The summed E-state index contributed by atoms with van der Waals surface area (Å²) < 4.78 is 15.9. The average Bonchev–Trinajstić information content (AvgIpc) is 3.67. The van der Waals surface area contributed by atoms with Crippen molar-refractivity contribution in [3.8, 4) is 22.8 Å². The van der Waals surface area contributed by atoms with Gasteiger partial charge in [-0.05, 0) is 80.4 Å². The van der Waals surface area contributed by atoms with Gasteiger partial charge in [0.1, 0.15) is 36.0 Å². The largest absolute Gasteiger partial charge is 0.455 e. The molecule has 0 unspecified atom stereocenters. The molecule has 0 aliphatic carbocycles. The molecule has 10 nitrogen and oxygen atoms in total. The minimum Gasteiger partial charge on any atom is -0.455 e. The quantitative estimate of drug-likeness (QED) is 0.151. The predicted molar refractivity (Wildman–Crippen MR) is 168 cm³/mol. The Kier molecular flexibility index (Phi) is 8.71. The molecule has 0 saturated heterocycles. The summed E-state index contributed by atoms with van der Waals surface area (Å²) >= 11 is 6.81. The van der Waals surface area contributed by atoms with Gasteiger partial charge in [-0.15, -0.1) is 10.2 Å². The third-order valence-corrected chi connectivity index (χ3v) is 8.00. The Morgan fingerprint density at radius 2 is 0.909 bits per heavy atom. The molecule has 0 saturated carbocycles. The van der Waals surface area contributed by atoms with E-state index in [1.54, 1.807) is 45.8 Å². The molecule has 0 aliphatic rings. The molecule has 0 N–H and O–H groups in total. The number of ether oxygens (including phenoxy) is 2. The molecule has 2 aromatic heterocycles. The average molecular weight is 714 g/mol. The highest BCUT2D eigenvalue weighted by Crippen LogP contribution is 2.29. The maximum atomic E-state index is 13.1. The van der Waals surface area contributed by atoms with Gasteiger partial charge in [-0.25, -0.2) is 19.0 Å². The number of aromatic nitrogens is 6. The van der Waals surface area contributed by atoms with Crippen LogP contribution >= 0.6 is 31.9 Å². The second-order valence-electron chi connectivity index (χ2n) is 9.38. The number of carbonyl (C=O) groups is 2. The fourth-order valence-electron chi connectivity index (χ4n) is 4.46. The van der Waals surface area contributed by atoms with Crippen LogP contribution in [0, 0.1) is 0 Å². The fourth-order valence-corrected chi connectivity index (χ4v) is 5.35. The van der Waals surface area contributed by atoms with E-state index in [4.69, 9.17) is 9.47 Å². The molecule has 0 radical (unpaired) electrons. The molecular weight excluding hydrogens is 692 g/mol. The summed E-state index contributed by atoms with van der Waals surface area (Å²) in [6.07, 6.45) is 0. The van der Waals surface area contributed by atoms with E-state index >= 15 is 0 Å². The lowest BCUT2D eigenvalue weighted by Crippen LogP contribution is -2.12. The highest BCUT2D eigenvalue weighted by Gasteiger charge is 2.26. The summed E-state index contributed by atoms with van der Waals surface area (Å²) in [5, 5.41) is 17.7. The van der Waals surface area contributed by atoms with Crippen molar-refractivity contribution in [2.24, 2.45) is 0 Å². The van der Waals surface area contributed by atoms with Crippen LogP contribution in [-0.2, 0) is 22.7 Å². The van der Waals surface area contributed by atoms with E-state index in [1.807, 2.05) is 72.8 Å². The highest BCUT2D eigenvalue weighted by atomic mass is 79.9. The molecule has 6 aromatic rings. The SMILES string of the molecule is O=C(OCc1c(-c2nnn(-c3ccccc3)c2COC(=O)c2ccccc2Br)nnn1-c1ccccc1)c1ccccc1Br. The Balaban J connectivity index is 1.41. The van der Waals surface area contributed by atoms with Crippen molar-refractivity contribution in [3.05, 3.63) is 141 Å². The number of carbonyl (C=O) groups excluding carboxylic acids is 2. The van der Waals surface area contributed by atoms with Crippen LogP contribution in [0.15, 0.2) is 118 Å². The first kappa shape index (κ1) is 29.1. The van der Waals surface area contributed by atoms with Crippen molar-refractivity contribution in [2.45, 2.75) is 13.2 Å². The second kappa shape index (κ2) is 13.1. The van der Waals surface area contributed by atoms with Gasteiger partial charge in [0.25, 0.3) is 0 Å². The number of para-hydroxylation sites is 2.